The van der Waals surface area contributed by atoms with E-state index in [1.165, 1.54) is 12.1 Å². The summed E-state index contributed by atoms with van der Waals surface area (Å²) in [4.78, 5) is 26.2. The van der Waals surface area contributed by atoms with Crippen LogP contribution >= 0.6 is 11.6 Å². The van der Waals surface area contributed by atoms with Crippen LogP contribution in [0.5, 0.6) is 0 Å². The van der Waals surface area contributed by atoms with Gasteiger partial charge in [0, 0.05) is 41.8 Å². The van der Waals surface area contributed by atoms with Gasteiger partial charge >= 0.3 is 12.2 Å². The van der Waals surface area contributed by atoms with Crippen LogP contribution in [-0.2, 0) is 30.4 Å². The first-order valence-corrected chi connectivity index (χ1v) is 13.1. The SMILES string of the molecule is CC[S+]([O-])c1ccc(Cl)cc1CNC(=O)c1ccc(CN2CCCC(NC(N)=O)C2)c(C(F)(F)F)c1. The maximum Gasteiger partial charge on any atom is 0.416 e. The van der Waals surface area contributed by atoms with Gasteiger partial charge < -0.3 is 20.9 Å². The van der Waals surface area contributed by atoms with Crippen molar-refractivity contribution in [2.45, 2.75) is 50.0 Å². The third-order valence-electron chi connectivity index (χ3n) is 5.89. The lowest BCUT2D eigenvalue weighted by molar-refractivity contribution is -0.138. The molecule has 1 aliphatic heterocycles. The zero-order chi connectivity index (χ0) is 26.5. The minimum Gasteiger partial charge on any atom is -0.611 e. The monoisotopic (exact) mass is 544 g/mol. The topological polar surface area (TPSA) is 111 Å². The molecule has 3 rings (SSSR count). The van der Waals surface area contributed by atoms with Gasteiger partial charge in [0.25, 0.3) is 5.91 Å². The van der Waals surface area contributed by atoms with Crippen molar-refractivity contribution in [3.8, 4) is 0 Å². The first-order valence-electron chi connectivity index (χ1n) is 11.4. The molecule has 2 aromatic rings. The van der Waals surface area contributed by atoms with Crippen molar-refractivity contribution in [1.29, 1.82) is 0 Å². The number of nitrogens with one attached hydrogen (secondary N) is 2. The minimum absolute atomic E-state index is 0.0163. The zero-order valence-corrected chi connectivity index (χ0v) is 21.2. The van der Waals surface area contributed by atoms with E-state index in [0.717, 1.165) is 6.07 Å². The number of carbonyl (C=O) groups is 2. The number of alkyl halides is 3. The van der Waals surface area contributed by atoms with E-state index in [1.54, 1.807) is 25.1 Å². The highest BCUT2D eigenvalue weighted by Gasteiger charge is 2.35. The number of primary amides is 1. The van der Waals surface area contributed by atoms with Crippen LogP contribution in [0.15, 0.2) is 41.3 Å². The number of piperidine rings is 1. The molecule has 0 saturated carbocycles. The maximum atomic E-state index is 13.9. The summed E-state index contributed by atoms with van der Waals surface area (Å²) in [5.41, 5.74) is 4.71. The Bertz CT molecular complexity index is 1100. The lowest BCUT2D eigenvalue weighted by atomic mass is 10.00. The third kappa shape index (κ3) is 7.52. The van der Waals surface area contributed by atoms with Crippen LogP contribution in [0.2, 0.25) is 5.02 Å². The van der Waals surface area contributed by atoms with Crippen LogP contribution in [0.4, 0.5) is 18.0 Å². The maximum absolute atomic E-state index is 13.9. The molecule has 1 fully saturated rings. The lowest BCUT2D eigenvalue weighted by Crippen LogP contribution is -2.49. The minimum atomic E-state index is -4.66. The van der Waals surface area contributed by atoms with Crippen LogP contribution < -0.4 is 16.4 Å². The highest BCUT2D eigenvalue weighted by molar-refractivity contribution is 7.91. The molecule has 2 unspecified atom stereocenters. The highest BCUT2D eigenvalue weighted by Crippen LogP contribution is 2.34. The first kappa shape index (κ1) is 28.1. The van der Waals surface area contributed by atoms with Gasteiger partial charge in [-0.3, -0.25) is 9.69 Å². The lowest BCUT2D eigenvalue weighted by Gasteiger charge is -2.33. The van der Waals surface area contributed by atoms with Gasteiger partial charge in [0.2, 0.25) is 0 Å². The van der Waals surface area contributed by atoms with Gasteiger partial charge in [-0.05, 0) is 73.4 Å². The van der Waals surface area contributed by atoms with E-state index >= 15 is 0 Å². The predicted molar refractivity (Wildman–Crippen MR) is 132 cm³/mol. The summed E-state index contributed by atoms with van der Waals surface area (Å²) in [6, 6.07) is 7.40. The molecule has 4 N–H and O–H groups in total. The molecular formula is C24H28ClF3N4O3S. The number of urea groups is 1. The normalized spacial score (nSPS) is 17.4. The van der Waals surface area contributed by atoms with Crippen molar-refractivity contribution in [1.82, 2.24) is 15.5 Å². The number of carbonyl (C=O) groups excluding carboxylic acids is 2. The van der Waals surface area contributed by atoms with E-state index in [1.807, 2.05) is 4.90 Å². The largest absolute Gasteiger partial charge is 0.611 e. The summed E-state index contributed by atoms with van der Waals surface area (Å²) in [5.74, 6) is -0.320. The standard InChI is InChI=1S/C24H28ClF3N4O3S/c1-2-36(35)21-8-7-18(25)10-17(21)12-30-22(33)15-5-6-16(20(11-15)24(26,27)28)13-32-9-3-4-19(14-32)31-23(29)34/h5-8,10-11,19H,2-4,9,12-14H2,1H3,(H,30,33)(H3,29,31,34). The summed E-state index contributed by atoms with van der Waals surface area (Å²) in [7, 11) is 0. The summed E-state index contributed by atoms with van der Waals surface area (Å²) in [6.45, 7) is 2.70. The molecular weight excluding hydrogens is 517 g/mol. The van der Waals surface area contributed by atoms with Gasteiger partial charge in [0.15, 0.2) is 4.90 Å². The van der Waals surface area contributed by atoms with Crippen molar-refractivity contribution in [2.24, 2.45) is 5.73 Å². The molecule has 1 heterocycles. The Hall–Kier alpha value is -2.47. The molecule has 0 aliphatic carbocycles. The van der Waals surface area contributed by atoms with E-state index in [-0.39, 0.29) is 30.3 Å². The second-order valence-corrected chi connectivity index (χ2v) is 10.7. The number of rotatable bonds is 8. The molecule has 12 heteroatoms. The molecule has 1 saturated heterocycles. The Morgan fingerprint density at radius 1 is 1.22 bits per heavy atom. The summed E-state index contributed by atoms with van der Waals surface area (Å²) in [6.07, 6.45) is -3.25. The number of amides is 3. The molecule has 1 aliphatic rings. The number of nitrogens with zero attached hydrogens (tertiary/aromatic N) is 1. The molecule has 3 amide bonds. The fourth-order valence-electron chi connectivity index (χ4n) is 4.22. The van der Waals surface area contributed by atoms with Crippen molar-refractivity contribution in [3.05, 3.63) is 63.7 Å². The van der Waals surface area contributed by atoms with Crippen LogP contribution in [0.25, 0.3) is 0 Å². The average Bonchev–Trinajstić information content (AvgIpc) is 2.81. The zero-order valence-electron chi connectivity index (χ0n) is 19.7. The summed E-state index contributed by atoms with van der Waals surface area (Å²) >= 11 is 4.74. The van der Waals surface area contributed by atoms with Crippen molar-refractivity contribution in [3.63, 3.8) is 0 Å². The van der Waals surface area contributed by atoms with Gasteiger partial charge in [-0.2, -0.15) is 13.2 Å². The number of hydrogen-bond acceptors (Lipinski definition) is 4. The van der Waals surface area contributed by atoms with Crippen LogP contribution in [0.1, 0.15) is 46.8 Å². The molecule has 0 spiro atoms. The summed E-state index contributed by atoms with van der Waals surface area (Å²) < 4.78 is 54.0. The van der Waals surface area contributed by atoms with Gasteiger partial charge in [-0.1, -0.05) is 17.7 Å². The Morgan fingerprint density at radius 3 is 2.64 bits per heavy atom. The van der Waals surface area contributed by atoms with Crippen LogP contribution in [0.3, 0.4) is 0 Å². The third-order valence-corrected chi connectivity index (χ3v) is 7.54. The second-order valence-electron chi connectivity index (χ2n) is 8.52. The van der Waals surface area contributed by atoms with Crippen molar-refractivity contribution < 1.29 is 27.3 Å². The molecule has 2 aromatic carbocycles. The van der Waals surface area contributed by atoms with Crippen molar-refractivity contribution in [2.75, 3.05) is 18.8 Å². The van der Waals surface area contributed by atoms with Gasteiger partial charge in [0.1, 0.15) is 5.75 Å². The van der Waals surface area contributed by atoms with E-state index in [4.69, 9.17) is 17.3 Å². The molecule has 196 valence electrons. The Kier molecular flexibility index (Phi) is 9.51. The first-order chi connectivity index (χ1) is 17.0. The van der Waals surface area contributed by atoms with Gasteiger partial charge in [-0.15, -0.1) is 0 Å². The number of hydrogen-bond donors (Lipinski definition) is 3. The second kappa shape index (κ2) is 12.2. The fraction of sp³-hybridized carbons (Fsp3) is 0.417. The van der Waals surface area contributed by atoms with Crippen LogP contribution in [0, 0.1) is 0 Å². The predicted octanol–water partition coefficient (Wildman–Crippen LogP) is 4.05. The summed E-state index contributed by atoms with van der Waals surface area (Å²) in [5, 5.41) is 5.60. The number of benzene rings is 2. The Morgan fingerprint density at radius 2 is 1.97 bits per heavy atom. The quantitative estimate of drug-likeness (QED) is 0.435. The molecule has 0 bridgehead atoms. The molecule has 36 heavy (non-hydrogen) atoms. The van der Waals surface area contributed by atoms with Gasteiger partial charge in [0.05, 0.1) is 5.56 Å². The van der Waals surface area contributed by atoms with Gasteiger partial charge in [-0.25, -0.2) is 4.79 Å². The number of likely N-dealkylation sites (tertiary alicyclic amines) is 1. The van der Waals surface area contributed by atoms with E-state index in [0.29, 0.717) is 47.2 Å². The smallest absolute Gasteiger partial charge is 0.416 e. The Labute approximate surface area is 215 Å². The number of nitrogens with two attached hydrogens (primary N) is 1. The Balaban J connectivity index is 1.76. The number of halogens is 4. The molecule has 0 aromatic heterocycles. The van der Waals surface area contributed by atoms with E-state index < -0.39 is 34.9 Å². The van der Waals surface area contributed by atoms with Crippen LogP contribution in [-0.4, -0.2) is 46.3 Å². The van der Waals surface area contributed by atoms with Crippen molar-refractivity contribution >= 4 is 34.7 Å². The average molecular weight is 545 g/mol. The van der Waals surface area contributed by atoms with E-state index in [2.05, 4.69) is 10.6 Å². The molecule has 2 atom stereocenters. The molecule has 7 nitrogen and oxygen atoms in total. The van der Waals surface area contributed by atoms with E-state index in [9.17, 15) is 27.3 Å². The molecule has 0 radical (unpaired) electrons. The highest BCUT2D eigenvalue weighted by atomic mass is 35.5. The fourth-order valence-corrected chi connectivity index (χ4v) is 5.37.